The van der Waals surface area contributed by atoms with E-state index >= 15 is 0 Å². The summed E-state index contributed by atoms with van der Waals surface area (Å²) in [5.41, 5.74) is 2.61. The fourth-order valence-corrected chi connectivity index (χ4v) is 2.20. The van der Waals surface area contributed by atoms with Crippen LogP contribution in [0.2, 0.25) is 0 Å². The van der Waals surface area contributed by atoms with E-state index in [1.807, 2.05) is 36.4 Å². The second kappa shape index (κ2) is 4.14. The van der Waals surface area contributed by atoms with Crippen LogP contribution in [-0.2, 0) is 0 Å². The molecule has 0 aliphatic carbocycles. The summed E-state index contributed by atoms with van der Waals surface area (Å²) < 4.78 is 0. The Labute approximate surface area is 105 Å². The first-order chi connectivity index (χ1) is 8.77. The van der Waals surface area contributed by atoms with Gasteiger partial charge in [-0.1, -0.05) is 12.1 Å². The average Bonchev–Trinajstić information content (AvgIpc) is 2.44. The highest BCUT2D eigenvalue weighted by Gasteiger charge is 2.29. The second-order valence-corrected chi connectivity index (χ2v) is 4.29. The van der Waals surface area contributed by atoms with Crippen LogP contribution >= 0.6 is 0 Å². The van der Waals surface area contributed by atoms with Crippen LogP contribution in [-0.4, -0.2) is 22.8 Å². The van der Waals surface area contributed by atoms with E-state index in [9.17, 15) is 4.79 Å². The molecule has 0 saturated carbocycles. The van der Waals surface area contributed by atoms with E-state index in [-0.39, 0.29) is 12.1 Å². The van der Waals surface area contributed by atoms with Gasteiger partial charge in [0.15, 0.2) is 0 Å². The maximum absolute atomic E-state index is 12.3. The number of fused-ring (bicyclic) bond motifs is 1. The Balaban J connectivity index is 2.04. The zero-order valence-corrected chi connectivity index (χ0v) is 10.00. The third-order valence-electron chi connectivity index (χ3n) is 3.18. The highest BCUT2D eigenvalue weighted by Crippen LogP contribution is 2.31. The van der Waals surface area contributed by atoms with Crippen LogP contribution in [0.5, 0.6) is 0 Å². The monoisotopic (exact) mass is 239 g/mol. The Bertz CT molecular complexity index is 583. The lowest BCUT2D eigenvalue weighted by Gasteiger charge is -2.35. The molecule has 90 valence electrons. The first kappa shape index (κ1) is 10.8. The van der Waals surface area contributed by atoms with E-state index in [0.29, 0.717) is 5.56 Å². The molecule has 1 N–H and O–H groups in total. The molecule has 4 nitrogen and oxygen atoms in total. The van der Waals surface area contributed by atoms with E-state index in [4.69, 9.17) is 0 Å². The summed E-state index contributed by atoms with van der Waals surface area (Å²) in [5, 5.41) is 3.37. The first-order valence-corrected chi connectivity index (χ1v) is 5.80. The van der Waals surface area contributed by atoms with Gasteiger partial charge in [-0.05, 0) is 29.8 Å². The third-order valence-corrected chi connectivity index (χ3v) is 3.18. The molecule has 3 rings (SSSR count). The SMILES string of the molecule is CN1C(=O)c2ccccc2N[C@@H]1c1ccncc1. The maximum atomic E-state index is 12.3. The van der Waals surface area contributed by atoms with Crippen molar-refractivity contribution in [3.05, 3.63) is 59.9 Å². The number of benzene rings is 1. The maximum Gasteiger partial charge on any atom is 0.257 e. The molecule has 0 spiro atoms. The van der Waals surface area contributed by atoms with Crippen molar-refractivity contribution in [2.45, 2.75) is 6.17 Å². The summed E-state index contributed by atoms with van der Waals surface area (Å²) in [4.78, 5) is 18.0. The molecule has 4 heteroatoms. The quantitative estimate of drug-likeness (QED) is 0.830. The van der Waals surface area contributed by atoms with Crippen molar-refractivity contribution in [3.63, 3.8) is 0 Å². The Morgan fingerprint density at radius 2 is 1.89 bits per heavy atom. The number of nitrogens with zero attached hydrogens (tertiary/aromatic N) is 2. The number of nitrogens with one attached hydrogen (secondary N) is 1. The van der Waals surface area contributed by atoms with Gasteiger partial charge in [-0.3, -0.25) is 9.78 Å². The molecule has 1 aliphatic rings. The van der Waals surface area contributed by atoms with Crippen molar-refractivity contribution in [2.75, 3.05) is 12.4 Å². The molecule has 18 heavy (non-hydrogen) atoms. The van der Waals surface area contributed by atoms with E-state index in [0.717, 1.165) is 11.3 Å². The lowest BCUT2D eigenvalue weighted by Crippen LogP contribution is -2.40. The molecule has 0 radical (unpaired) electrons. The highest BCUT2D eigenvalue weighted by atomic mass is 16.2. The van der Waals surface area contributed by atoms with Gasteiger partial charge in [0.1, 0.15) is 6.17 Å². The summed E-state index contributed by atoms with van der Waals surface area (Å²) >= 11 is 0. The molecule has 1 atom stereocenters. The van der Waals surface area contributed by atoms with Crippen molar-refractivity contribution in [2.24, 2.45) is 0 Å². The molecule has 2 heterocycles. The van der Waals surface area contributed by atoms with Crippen molar-refractivity contribution in [1.29, 1.82) is 0 Å². The number of rotatable bonds is 1. The van der Waals surface area contributed by atoms with Gasteiger partial charge in [0.2, 0.25) is 0 Å². The van der Waals surface area contributed by atoms with Crippen molar-refractivity contribution < 1.29 is 4.79 Å². The average molecular weight is 239 g/mol. The van der Waals surface area contributed by atoms with Crippen LogP contribution in [0.3, 0.4) is 0 Å². The first-order valence-electron chi connectivity index (χ1n) is 5.80. The molecular weight excluding hydrogens is 226 g/mol. The molecular formula is C14H13N3O. The Morgan fingerprint density at radius 3 is 2.67 bits per heavy atom. The van der Waals surface area contributed by atoms with Crippen LogP contribution in [0.1, 0.15) is 22.1 Å². The van der Waals surface area contributed by atoms with Crippen LogP contribution < -0.4 is 5.32 Å². The Hall–Kier alpha value is -2.36. The summed E-state index contributed by atoms with van der Waals surface area (Å²) in [5.74, 6) is 0.0335. The number of hydrogen-bond donors (Lipinski definition) is 1. The summed E-state index contributed by atoms with van der Waals surface area (Å²) in [7, 11) is 1.80. The summed E-state index contributed by atoms with van der Waals surface area (Å²) in [6.07, 6.45) is 3.32. The van der Waals surface area contributed by atoms with Crippen LogP contribution in [0.15, 0.2) is 48.8 Å². The predicted octanol–water partition coefficient (Wildman–Crippen LogP) is 2.28. The van der Waals surface area contributed by atoms with Gasteiger partial charge in [0.25, 0.3) is 5.91 Å². The van der Waals surface area contributed by atoms with Gasteiger partial charge >= 0.3 is 0 Å². The van der Waals surface area contributed by atoms with E-state index in [2.05, 4.69) is 10.3 Å². The summed E-state index contributed by atoms with van der Waals surface area (Å²) in [6, 6.07) is 11.4. The van der Waals surface area contributed by atoms with E-state index in [1.54, 1.807) is 24.3 Å². The topological polar surface area (TPSA) is 45.2 Å². The number of anilines is 1. The largest absolute Gasteiger partial charge is 0.361 e. The minimum absolute atomic E-state index is 0.0335. The number of amides is 1. The lowest BCUT2D eigenvalue weighted by molar-refractivity contribution is 0.0735. The van der Waals surface area contributed by atoms with Crippen molar-refractivity contribution in [1.82, 2.24) is 9.88 Å². The fourth-order valence-electron chi connectivity index (χ4n) is 2.20. The molecule has 0 saturated heterocycles. The molecule has 0 unspecified atom stereocenters. The standard InChI is InChI=1S/C14H13N3O/c1-17-13(10-6-8-15-9-7-10)16-12-5-3-2-4-11(12)14(17)18/h2-9,13,16H,1H3/t13-/m0/s1. The predicted molar refractivity (Wildman–Crippen MR) is 69.1 cm³/mol. The second-order valence-electron chi connectivity index (χ2n) is 4.29. The highest BCUT2D eigenvalue weighted by molar-refractivity contribution is 6.01. The zero-order valence-electron chi connectivity index (χ0n) is 10.00. The van der Waals surface area contributed by atoms with Crippen molar-refractivity contribution >= 4 is 11.6 Å². The van der Waals surface area contributed by atoms with E-state index < -0.39 is 0 Å². The van der Waals surface area contributed by atoms with Crippen LogP contribution in [0.4, 0.5) is 5.69 Å². The molecule has 1 amide bonds. The van der Waals surface area contributed by atoms with Gasteiger partial charge in [-0.15, -0.1) is 0 Å². The minimum atomic E-state index is -0.143. The Kier molecular flexibility index (Phi) is 2.48. The molecule has 0 bridgehead atoms. The van der Waals surface area contributed by atoms with Crippen LogP contribution in [0.25, 0.3) is 0 Å². The molecule has 0 fully saturated rings. The van der Waals surface area contributed by atoms with Gasteiger partial charge in [0, 0.05) is 25.1 Å². The number of carbonyl (C=O) groups excluding carboxylic acids is 1. The molecule has 2 aromatic rings. The number of carbonyl (C=O) groups is 1. The van der Waals surface area contributed by atoms with Crippen molar-refractivity contribution in [3.8, 4) is 0 Å². The molecule has 1 aliphatic heterocycles. The van der Waals surface area contributed by atoms with E-state index in [1.165, 1.54) is 0 Å². The third kappa shape index (κ3) is 1.62. The molecule has 1 aromatic heterocycles. The zero-order chi connectivity index (χ0) is 12.5. The molecule has 1 aromatic carbocycles. The number of para-hydroxylation sites is 1. The smallest absolute Gasteiger partial charge is 0.257 e. The number of aromatic nitrogens is 1. The van der Waals surface area contributed by atoms with Gasteiger partial charge in [-0.2, -0.15) is 0 Å². The normalized spacial score (nSPS) is 18.2. The van der Waals surface area contributed by atoms with Crippen LogP contribution in [0, 0.1) is 0 Å². The minimum Gasteiger partial charge on any atom is -0.361 e. The fraction of sp³-hybridized carbons (Fsp3) is 0.143. The van der Waals surface area contributed by atoms with Gasteiger partial charge in [-0.25, -0.2) is 0 Å². The lowest BCUT2D eigenvalue weighted by atomic mass is 10.1. The van der Waals surface area contributed by atoms with Gasteiger partial charge < -0.3 is 10.2 Å². The number of hydrogen-bond acceptors (Lipinski definition) is 3. The summed E-state index contributed by atoms with van der Waals surface area (Å²) in [6.45, 7) is 0. The van der Waals surface area contributed by atoms with Gasteiger partial charge in [0.05, 0.1) is 5.56 Å². The number of pyridine rings is 1. The Morgan fingerprint density at radius 1 is 1.17 bits per heavy atom.